The number of halogens is 3. The van der Waals surface area contributed by atoms with Crippen LogP contribution in [0.1, 0.15) is 18.2 Å². The highest BCUT2D eigenvalue weighted by atomic mass is 19.4. The third-order valence-electron chi connectivity index (χ3n) is 5.30. The van der Waals surface area contributed by atoms with Crippen molar-refractivity contribution in [2.75, 3.05) is 65.6 Å². The van der Waals surface area contributed by atoms with E-state index in [4.69, 9.17) is 4.74 Å². The number of aromatic nitrogens is 2. The van der Waals surface area contributed by atoms with Gasteiger partial charge in [-0.1, -0.05) is 0 Å². The summed E-state index contributed by atoms with van der Waals surface area (Å²) in [6.07, 6.45) is -3.16. The predicted molar refractivity (Wildman–Crippen MR) is 108 cm³/mol. The van der Waals surface area contributed by atoms with Gasteiger partial charge in [0.05, 0.1) is 26.3 Å². The van der Waals surface area contributed by atoms with Gasteiger partial charge >= 0.3 is 6.18 Å². The molecular formula is C19H30F3N7O2. The predicted octanol–water partition coefficient (Wildman–Crippen LogP) is 0.381. The molecule has 0 bridgehead atoms. The Kier molecular flexibility index (Phi) is 7.76. The Balaban J connectivity index is 1.57. The van der Waals surface area contributed by atoms with Crippen molar-refractivity contribution in [3.63, 3.8) is 0 Å². The lowest BCUT2D eigenvalue weighted by molar-refractivity contribution is -0.142. The minimum atomic E-state index is -4.51. The number of rotatable bonds is 5. The zero-order valence-corrected chi connectivity index (χ0v) is 18.0. The van der Waals surface area contributed by atoms with Crippen LogP contribution in [-0.4, -0.2) is 102 Å². The second-order valence-corrected chi connectivity index (χ2v) is 7.60. The molecule has 12 heteroatoms. The van der Waals surface area contributed by atoms with Crippen LogP contribution < -0.4 is 5.32 Å². The summed E-state index contributed by atoms with van der Waals surface area (Å²) in [6.45, 7) is 7.84. The molecule has 0 radical (unpaired) electrons. The maximum absolute atomic E-state index is 13.2. The molecule has 2 aliphatic rings. The Hall–Kier alpha value is -2.34. The normalized spacial score (nSPS) is 19.1. The molecule has 0 atom stereocenters. The summed E-state index contributed by atoms with van der Waals surface area (Å²) in [5, 5.41) is 6.69. The van der Waals surface area contributed by atoms with Gasteiger partial charge in [0.15, 0.2) is 11.7 Å². The fourth-order valence-corrected chi connectivity index (χ4v) is 3.70. The highest BCUT2D eigenvalue weighted by Gasteiger charge is 2.36. The number of alkyl halides is 3. The molecule has 3 heterocycles. The summed E-state index contributed by atoms with van der Waals surface area (Å²) >= 11 is 0. The number of nitrogens with zero attached hydrogens (tertiary/aromatic N) is 6. The number of guanidine groups is 1. The largest absolute Gasteiger partial charge is 0.435 e. The second kappa shape index (κ2) is 10.3. The molecule has 2 fully saturated rings. The van der Waals surface area contributed by atoms with E-state index < -0.39 is 11.9 Å². The molecule has 0 aliphatic carbocycles. The van der Waals surface area contributed by atoms with Crippen molar-refractivity contribution in [1.82, 2.24) is 29.8 Å². The van der Waals surface area contributed by atoms with E-state index in [2.05, 4.69) is 20.3 Å². The van der Waals surface area contributed by atoms with E-state index in [1.807, 2.05) is 16.7 Å². The van der Waals surface area contributed by atoms with E-state index in [0.29, 0.717) is 71.5 Å². The smallest absolute Gasteiger partial charge is 0.378 e. The van der Waals surface area contributed by atoms with Gasteiger partial charge in [-0.15, -0.1) is 0 Å². The number of carbonyl (C=O) groups excluding carboxylic acids is 1. The van der Waals surface area contributed by atoms with Crippen molar-refractivity contribution in [3.8, 4) is 0 Å². The number of hydrogen-bond donors (Lipinski definition) is 1. The van der Waals surface area contributed by atoms with Crippen molar-refractivity contribution in [2.45, 2.75) is 19.6 Å². The van der Waals surface area contributed by atoms with E-state index in [0.717, 1.165) is 4.68 Å². The molecule has 174 valence electrons. The lowest BCUT2D eigenvalue weighted by atomic mass is 10.2. The van der Waals surface area contributed by atoms with Crippen molar-refractivity contribution < 1.29 is 22.7 Å². The topological polar surface area (TPSA) is 78.2 Å². The van der Waals surface area contributed by atoms with Crippen molar-refractivity contribution in [3.05, 3.63) is 17.5 Å². The van der Waals surface area contributed by atoms with Crippen molar-refractivity contribution in [2.24, 2.45) is 12.0 Å². The minimum absolute atomic E-state index is 0.0418. The molecule has 1 N–H and O–H groups in total. The highest BCUT2D eigenvalue weighted by Crippen LogP contribution is 2.30. The first kappa shape index (κ1) is 23.3. The van der Waals surface area contributed by atoms with Crippen LogP contribution >= 0.6 is 0 Å². The number of aliphatic imine (C=N–C) groups is 1. The Bertz CT molecular complexity index is 767. The van der Waals surface area contributed by atoms with Gasteiger partial charge in [-0.25, -0.2) is 4.99 Å². The van der Waals surface area contributed by atoms with E-state index in [-0.39, 0.29) is 18.0 Å². The van der Waals surface area contributed by atoms with Crippen LogP contribution in [-0.2, 0) is 29.3 Å². The molecule has 1 aromatic heterocycles. The van der Waals surface area contributed by atoms with Crippen LogP contribution in [0.25, 0.3) is 0 Å². The Morgan fingerprint density at radius 3 is 2.45 bits per heavy atom. The molecule has 0 spiro atoms. The van der Waals surface area contributed by atoms with Crippen LogP contribution in [0.3, 0.4) is 0 Å². The number of piperazine rings is 1. The molecular weight excluding hydrogens is 415 g/mol. The average Bonchev–Trinajstić information content (AvgIpc) is 3.13. The highest BCUT2D eigenvalue weighted by molar-refractivity contribution is 5.80. The summed E-state index contributed by atoms with van der Waals surface area (Å²) in [5.41, 5.74) is -0.860. The first-order valence-corrected chi connectivity index (χ1v) is 10.5. The van der Waals surface area contributed by atoms with Gasteiger partial charge < -0.3 is 19.9 Å². The summed E-state index contributed by atoms with van der Waals surface area (Å²) in [4.78, 5) is 22.8. The second-order valence-electron chi connectivity index (χ2n) is 7.60. The number of nitrogens with one attached hydrogen (secondary N) is 1. The van der Waals surface area contributed by atoms with Gasteiger partial charge in [-0.2, -0.15) is 18.3 Å². The van der Waals surface area contributed by atoms with E-state index in [1.165, 1.54) is 13.2 Å². The summed E-state index contributed by atoms with van der Waals surface area (Å²) in [6, 6.07) is 0. The number of amides is 1. The van der Waals surface area contributed by atoms with Crippen LogP contribution in [0, 0.1) is 0 Å². The van der Waals surface area contributed by atoms with Crippen LogP contribution in [0.2, 0.25) is 0 Å². The van der Waals surface area contributed by atoms with Crippen LogP contribution in [0.15, 0.2) is 11.2 Å². The monoisotopic (exact) mass is 445 g/mol. The minimum Gasteiger partial charge on any atom is -0.378 e. The van der Waals surface area contributed by atoms with E-state index in [1.54, 1.807) is 0 Å². The van der Waals surface area contributed by atoms with Gasteiger partial charge in [-0.05, 0) is 6.92 Å². The molecule has 1 amide bonds. The van der Waals surface area contributed by atoms with Crippen molar-refractivity contribution in [1.29, 1.82) is 0 Å². The number of morpholine rings is 1. The standard InChI is InChI=1S/C19H30F3N7O2/c1-3-23-18(24-12-15-13-26(2)25-17(15)19(20,21)22)29-6-4-27(5-7-29)14-16(30)28-8-10-31-11-9-28/h13H,3-12,14H2,1-2H3,(H,23,24). The molecule has 0 saturated carbocycles. The average molecular weight is 445 g/mol. The number of hydrogen-bond acceptors (Lipinski definition) is 5. The fraction of sp³-hybridized carbons (Fsp3) is 0.737. The molecule has 0 aromatic carbocycles. The van der Waals surface area contributed by atoms with Crippen LogP contribution in [0.5, 0.6) is 0 Å². The zero-order valence-electron chi connectivity index (χ0n) is 18.0. The lowest BCUT2D eigenvalue weighted by Gasteiger charge is -2.37. The summed E-state index contributed by atoms with van der Waals surface area (Å²) < 4.78 is 46.0. The molecule has 31 heavy (non-hydrogen) atoms. The van der Waals surface area contributed by atoms with Gasteiger partial charge in [0.1, 0.15) is 0 Å². The Morgan fingerprint density at radius 1 is 1.16 bits per heavy atom. The SMILES string of the molecule is CCNC(=NCc1cn(C)nc1C(F)(F)F)N1CCN(CC(=O)N2CCOCC2)CC1. The van der Waals surface area contributed by atoms with Gasteiger partial charge in [-0.3, -0.25) is 14.4 Å². The summed E-state index contributed by atoms with van der Waals surface area (Å²) in [7, 11) is 1.46. The number of ether oxygens (including phenoxy) is 1. The summed E-state index contributed by atoms with van der Waals surface area (Å²) in [5.74, 6) is 0.673. The first-order chi connectivity index (χ1) is 14.8. The molecule has 1 aromatic rings. The molecule has 2 saturated heterocycles. The Morgan fingerprint density at radius 2 is 1.84 bits per heavy atom. The fourth-order valence-electron chi connectivity index (χ4n) is 3.70. The van der Waals surface area contributed by atoms with Gasteiger partial charge in [0, 0.05) is 64.6 Å². The molecule has 2 aliphatic heterocycles. The molecule has 0 unspecified atom stereocenters. The molecule has 3 rings (SSSR count). The first-order valence-electron chi connectivity index (χ1n) is 10.5. The Labute approximate surface area is 179 Å². The zero-order chi connectivity index (χ0) is 22.4. The van der Waals surface area contributed by atoms with Crippen molar-refractivity contribution >= 4 is 11.9 Å². The quantitative estimate of drug-likeness (QED) is 0.522. The molecule has 9 nitrogen and oxygen atoms in total. The number of carbonyl (C=O) groups is 1. The number of aryl methyl sites for hydroxylation is 1. The van der Waals surface area contributed by atoms with E-state index >= 15 is 0 Å². The van der Waals surface area contributed by atoms with E-state index in [9.17, 15) is 18.0 Å². The van der Waals surface area contributed by atoms with Gasteiger partial charge in [0.25, 0.3) is 0 Å². The van der Waals surface area contributed by atoms with Crippen LogP contribution in [0.4, 0.5) is 13.2 Å². The maximum atomic E-state index is 13.2. The maximum Gasteiger partial charge on any atom is 0.435 e. The third kappa shape index (κ3) is 6.33. The van der Waals surface area contributed by atoms with Gasteiger partial charge in [0.2, 0.25) is 5.91 Å². The lowest BCUT2D eigenvalue weighted by Crippen LogP contribution is -2.54. The third-order valence-corrected chi connectivity index (χ3v) is 5.30.